The van der Waals surface area contributed by atoms with Crippen molar-refractivity contribution >= 4 is 17.9 Å². The smallest absolute Gasteiger partial charge is 0.326 e. The number of aliphatic carboxylic acids is 1. The molecular weight excluding hydrogens is 250 g/mol. The topological polar surface area (TPSA) is 113 Å². The van der Waals surface area contributed by atoms with Gasteiger partial charge in [-0.05, 0) is 18.8 Å². The largest absolute Gasteiger partial charge is 0.480 e. The fourth-order valence-corrected chi connectivity index (χ4v) is 2.30. The maximum atomic E-state index is 12.4. The third-order valence-electron chi connectivity index (χ3n) is 3.60. The first-order valence-corrected chi connectivity index (χ1v) is 6.47. The van der Waals surface area contributed by atoms with E-state index >= 15 is 0 Å². The van der Waals surface area contributed by atoms with Crippen molar-refractivity contribution in [2.24, 2.45) is 11.7 Å². The van der Waals surface area contributed by atoms with Crippen LogP contribution in [0.3, 0.4) is 0 Å². The molecule has 2 unspecified atom stereocenters. The number of carboxylic acids is 1. The Bertz CT molecular complexity index is 372. The van der Waals surface area contributed by atoms with Crippen LogP contribution in [-0.2, 0) is 9.59 Å². The van der Waals surface area contributed by atoms with E-state index in [1.54, 1.807) is 0 Å². The fraction of sp³-hybridized carbons (Fsp3) is 0.750. The summed E-state index contributed by atoms with van der Waals surface area (Å²) in [5.74, 6) is -1.47. The number of rotatable bonds is 5. The molecule has 0 spiro atoms. The summed E-state index contributed by atoms with van der Waals surface area (Å²) in [6.07, 6.45) is 1.79. The van der Waals surface area contributed by atoms with Gasteiger partial charge in [-0.15, -0.1) is 0 Å². The van der Waals surface area contributed by atoms with E-state index in [1.165, 1.54) is 4.90 Å². The van der Waals surface area contributed by atoms with E-state index < -0.39 is 24.1 Å². The molecule has 0 bridgehead atoms. The lowest BCUT2D eigenvalue weighted by Crippen LogP contribution is -2.55. The van der Waals surface area contributed by atoms with Crippen molar-refractivity contribution in [3.8, 4) is 0 Å². The van der Waals surface area contributed by atoms with Crippen molar-refractivity contribution in [1.82, 2.24) is 10.2 Å². The second-order valence-electron chi connectivity index (χ2n) is 4.90. The summed E-state index contributed by atoms with van der Waals surface area (Å²) in [7, 11) is 0. The number of carbonyl (C=O) groups is 3. The molecule has 3 amide bonds. The van der Waals surface area contributed by atoms with Gasteiger partial charge in [0.15, 0.2) is 0 Å². The zero-order valence-corrected chi connectivity index (χ0v) is 11.3. The van der Waals surface area contributed by atoms with Crippen LogP contribution in [0.25, 0.3) is 0 Å². The molecule has 7 heteroatoms. The summed E-state index contributed by atoms with van der Waals surface area (Å²) in [4.78, 5) is 35.8. The van der Waals surface area contributed by atoms with E-state index in [9.17, 15) is 14.4 Å². The van der Waals surface area contributed by atoms with Gasteiger partial charge in [-0.1, -0.05) is 20.3 Å². The number of urea groups is 1. The van der Waals surface area contributed by atoms with E-state index in [0.29, 0.717) is 25.8 Å². The Morgan fingerprint density at radius 2 is 2.11 bits per heavy atom. The Morgan fingerprint density at radius 3 is 2.58 bits per heavy atom. The first-order chi connectivity index (χ1) is 8.88. The molecule has 1 aliphatic rings. The second kappa shape index (κ2) is 6.40. The molecule has 0 aromatic carbocycles. The van der Waals surface area contributed by atoms with Crippen molar-refractivity contribution in [2.45, 2.75) is 45.2 Å². The summed E-state index contributed by atoms with van der Waals surface area (Å²) in [6, 6.07) is -2.33. The first-order valence-electron chi connectivity index (χ1n) is 6.47. The molecule has 0 saturated carbocycles. The minimum absolute atomic E-state index is 0.102. The van der Waals surface area contributed by atoms with Crippen molar-refractivity contribution < 1.29 is 19.5 Å². The maximum Gasteiger partial charge on any atom is 0.326 e. The number of hydrogen-bond donors (Lipinski definition) is 3. The predicted molar refractivity (Wildman–Crippen MR) is 68.3 cm³/mol. The first kappa shape index (κ1) is 15.3. The Kier molecular flexibility index (Phi) is 5.14. The van der Waals surface area contributed by atoms with Gasteiger partial charge in [0, 0.05) is 6.54 Å². The van der Waals surface area contributed by atoms with Gasteiger partial charge in [0.05, 0.1) is 0 Å². The molecule has 0 aliphatic carbocycles. The third kappa shape index (κ3) is 3.59. The lowest BCUT2D eigenvalue weighted by molar-refractivity contribution is -0.149. The Morgan fingerprint density at radius 1 is 1.47 bits per heavy atom. The van der Waals surface area contributed by atoms with Crippen LogP contribution >= 0.6 is 0 Å². The van der Waals surface area contributed by atoms with Gasteiger partial charge in [0.2, 0.25) is 5.91 Å². The highest BCUT2D eigenvalue weighted by molar-refractivity contribution is 5.90. The number of carboxylic acid groups (broad SMARTS) is 1. The van der Waals surface area contributed by atoms with Gasteiger partial charge in [-0.2, -0.15) is 0 Å². The van der Waals surface area contributed by atoms with E-state index in [-0.39, 0.29) is 11.8 Å². The van der Waals surface area contributed by atoms with Gasteiger partial charge in [0.25, 0.3) is 0 Å². The highest BCUT2D eigenvalue weighted by Crippen LogP contribution is 2.21. The van der Waals surface area contributed by atoms with Gasteiger partial charge < -0.3 is 21.1 Å². The lowest BCUT2D eigenvalue weighted by Gasteiger charge is -2.29. The molecule has 3 atom stereocenters. The molecule has 0 aromatic rings. The number of amides is 3. The number of hydrogen-bond acceptors (Lipinski definition) is 3. The summed E-state index contributed by atoms with van der Waals surface area (Å²) >= 11 is 0. The molecule has 1 saturated heterocycles. The predicted octanol–water partition coefficient (Wildman–Crippen LogP) is 0.145. The standard InChI is InChI=1S/C12H21N3O4/c1-3-7(2)9(14-12(13)19)10(16)15-6-4-5-8(15)11(17)18/h7-9H,3-6H2,1-2H3,(H,17,18)(H3,13,14,19)/t7?,8-,9?/m1/s1. The van der Waals surface area contributed by atoms with E-state index in [2.05, 4.69) is 5.32 Å². The normalized spacial score (nSPS) is 21.8. The molecule has 1 aliphatic heterocycles. The quantitative estimate of drug-likeness (QED) is 0.660. The monoisotopic (exact) mass is 271 g/mol. The number of nitrogens with zero attached hydrogens (tertiary/aromatic N) is 1. The van der Waals surface area contributed by atoms with E-state index in [0.717, 1.165) is 0 Å². The highest BCUT2D eigenvalue weighted by atomic mass is 16.4. The van der Waals surface area contributed by atoms with Crippen LogP contribution in [0.4, 0.5) is 4.79 Å². The summed E-state index contributed by atoms with van der Waals surface area (Å²) < 4.78 is 0. The number of primary amides is 1. The minimum Gasteiger partial charge on any atom is -0.480 e. The zero-order chi connectivity index (χ0) is 14.6. The van der Waals surface area contributed by atoms with E-state index in [1.807, 2.05) is 13.8 Å². The van der Waals surface area contributed by atoms with Crippen molar-refractivity contribution in [1.29, 1.82) is 0 Å². The van der Waals surface area contributed by atoms with Crippen LogP contribution < -0.4 is 11.1 Å². The molecule has 108 valence electrons. The maximum absolute atomic E-state index is 12.4. The van der Waals surface area contributed by atoms with Crippen molar-refractivity contribution in [3.63, 3.8) is 0 Å². The van der Waals surface area contributed by atoms with Crippen LogP contribution in [0.15, 0.2) is 0 Å². The highest BCUT2D eigenvalue weighted by Gasteiger charge is 2.38. The number of carbonyl (C=O) groups excluding carboxylic acids is 2. The third-order valence-corrected chi connectivity index (χ3v) is 3.60. The average molecular weight is 271 g/mol. The van der Waals surface area contributed by atoms with Gasteiger partial charge >= 0.3 is 12.0 Å². The average Bonchev–Trinajstić information content (AvgIpc) is 2.83. The zero-order valence-electron chi connectivity index (χ0n) is 11.3. The molecule has 1 rings (SSSR count). The van der Waals surface area contributed by atoms with Crippen LogP contribution in [0.2, 0.25) is 0 Å². The summed E-state index contributed by atoms with van der Waals surface area (Å²) in [5, 5.41) is 11.5. The van der Waals surface area contributed by atoms with Crippen LogP contribution in [0.5, 0.6) is 0 Å². The number of nitrogens with one attached hydrogen (secondary N) is 1. The van der Waals surface area contributed by atoms with Gasteiger partial charge in [0.1, 0.15) is 12.1 Å². The van der Waals surface area contributed by atoms with Crippen LogP contribution in [-0.4, -0.2) is 46.5 Å². The Labute approximate surface area is 112 Å². The Balaban J connectivity index is 2.86. The molecule has 1 heterocycles. The number of likely N-dealkylation sites (tertiary alicyclic amines) is 1. The molecule has 0 aromatic heterocycles. The second-order valence-corrected chi connectivity index (χ2v) is 4.90. The van der Waals surface area contributed by atoms with Crippen LogP contribution in [0, 0.1) is 5.92 Å². The van der Waals surface area contributed by atoms with Crippen LogP contribution in [0.1, 0.15) is 33.1 Å². The minimum atomic E-state index is -1.01. The van der Waals surface area contributed by atoms with E-state index in [4.69, 9.17) is 10.8 Å². The molecule has 0 radical (unpaired) electrons. The molecule has 7 nitrogen and oxygen atoms in total. The molecule has 1 fully saturated rings. The summed E-state index contributed by atoms with van der Waals surface area (Å²) in [6.45, 7) is 4.12. The van der Waals surface area contributed by atoms with Gasteiger partial charge in [-0.3, -0.25) is 4.79 Å². The van der Waals surface area contributed by atoms with Gasteiger partial charge in [-0.25, -0.2) is 9.59 Å². The number of nitrogens with two attached hydrogens (primary N) is 1. The fourth-order valence-electron chi connectivity index (χ4n) is 2.30. The van der Waals surface area contributed by atoms with Crippen molar-refractivity contribution in [2.75, 3.05) is 6.54 Å². The summed E-state index contributed by atoms with van der Waals surface area (Å²) in [5.41, 5.74) is 5.08. The lowest BCUT2D eigenvalue weighted by atomic mass is 9.97. The molecule has 19 heavy (non-hydrogen) atoms. The molecule has 4 N–H and O–H groups in total. The SMILES string of the molecule is CCC(C)C(NC(N)=O)C(=O)N1CCC[C@@H]1C(=O)O. The van der Waals surface area contributed by atoms with Crippen molar-refractivity contribution in [3.05, 3.63) is 0 Å². The molecular formula is C12H21N3O4. The Hall–Kier alpha value is -1.79.